The van der Waals surface area contributed by atoms with Crippen molar-refractivity contribution in [3.63, 3.8) is 0 Å². The SMILES string of the molecule is CC(=O)C=C(C)O.CC(=O)C=C(C)O.CC(=O)C=C(C)O.C[C-]=Cc1ccc2ccccc2n1.Fc1c[c-]c(-c2ccccn2)c(F)c1.Fc1c[c-]c(-n2ncc3ccccc32)cc1.O=C(O)c1ccccn1.[C-]1=C(c2ccc3ccccc3n2)CCC1.[Ir].[Ir].[Ir].[Ir].[Ir].[Ir].[c-]1c(-c2ccccn2)sc2ccccc12.[c-]1ccccc1-c1ccccn1.[c-]1ccccc1-c1ccccn1. The number of carboxylic acid groups (broad SMARTS) is 1. The molecule has 0 fully saturated rings. The van der Waals surface area contributed by atoms with E-state index in [9.17, 15) is 32.3 Å². The van der Waals surface area contributed by atoms with Gasteiger partial charge in [-0.05, 0) is 139 Å². The molecule has 9 heterocycles. The number of nitrogens with zero attached hydrogens (tertiary/aromatic N) is 9. The minimum Gasteiger partial charge on any atom is -0.512 e. The second-order valence-electron chi connectivity index (χ2n) is 27.0. The Bertz CT molecular complexity index is 6200. The number of aliphatic hydroxyl groups is 3. The molecular formula is C106H89F3Ir6N9O8S-7. The maximum absolute atomic E-state index is 13.2. The van der Waals surface area contributed by atoms with Crippen molar-refractivity contribution in [1.29, 1.82) is 0 Å². The maximum atomic E-state index is 13.2. The van der Waals surface area contributed by atoms with Gasteiger partial charge in [0.15, 0.2) is 17.3 Å². The molecule has 133 heavy (non-hydrogen) atoms. The predicted molar refractivity (Wildman–Crippen MR) is 499 cm³/mol. The largest absolute Gasteiger partial charge is 0.512 e. The van der Waals surface area contributed by atoms with Crippen LogP contribution < -0.4 is 0 Å². The van der Waals surface area contributed by atoms with Gasteiger partial charge in [0.2, 0.25) is 0 Å². The topological polar surface area (TPSA) is 257 Å². The van der Waals surface area contributed by atoms with Crippen LogP contribution in [0.15, 0.2) is 364 Å². The van der Waals surface area contributed by atoms with E-state index in [2.05, 4.69) is 137 Å². The Balaban J connectivity index is 0.000000498. The first-order valence-corrected chi connectivity index (χ1v) is 40.4. The van der Waals surface area contributed by atoms with Crippen LogP contribution in [0.1, 0.15) is 89.6 Å². The van der Waals surface area contributed by atoms with Crippen LogP contribution in [0.2, 0.25) is 0 Å². The first kappa shape index (κ1) is 117. The number of pyridine rings is 7. The molecule has 0 amide bonds. The average Bonchev–Trinajstić information content (AvgIpc) is 1.69. The number of carboxylic acids is 1. The number of carbonyl (C=O) groups excluding carboxylic acids is 3. The van der Waals surface area contributed by atoms with Crippen LogP contribution in [-0.2, 0) is 135 Å². The van der Waals surface area contributed by atoms with E-state index in [4.69, 9.17) is 20.4 Å². The van der Waals surface area contributed by atoms with Crippen molar-refractivity contribution in [2.45, 2.75) is 67.7 Å². The van der Waals surface area contributed by atoms with E-state index >= 15 is 0 Å². The van der Waals surface area contributed by atoms with Gasteiger partial charge in [0, 0.05) is 209 Å². The van der Waals surface area contributed by atoms with Crippen molar-refractivity contribution < 1.29 is 173 Å². The van der Waals surface area contributed by atoms with Crippen LogP contribution in [0.4, 0.5) is 13.2 Å². The number of rotatable bonds is 11. The van der Waals surface area contributed by atoms with Crippen LogP contribution in [0.5, 0.6) is 0 Å². The Morgan fingerprint density at radius 2 is 0.910 bits per heavy atom. The molecule has 0 saturated carbocycles. The van der Waals surface area contributed by atoms with Gasteiger partial charge in [0.1, 0.15) is 5.69 Å². The van der Waals surface area contributed by atoms with Gasteiger partial charge in [-0.2, -0.15) is 16.7 Å². The number of para-hydroxylation sites is 3. The van der Waals surface area contributed by atoms with Gasteiger partial charge in [-0.15, -0.1) is 151 Å². The summed E-state index contributed by atoms with van der Waals surface area (Å²) in [5, 5.41) is 42.3. The molecule has 27 heteroatoms. The third-order valence-electron chi connectivity index (χ3n) is 16.7. The average molecular weight is 2860 g/mol. The number of benzene rings is 8. The Morgan fingerprint density at radius 3 is 1.35 bits per heavy atom. The molecule has 694 valence electrons. The van der Waals surface area contributed by atoms with Crippen LogP contribution >= 0.6 is 11.3 Å². The Hall–Kier alpha value is -12.0. The summed E-state index contributed by atoms with van der Waals surface area (Å²) in [6.45, 7) is 10.4. The Kier molecular flexibility index (Phi) is 57.7. The third-order valence-corrected chi connectivity index (χ3v) is 17.8. The number of carbonyl (C=O) groups is 4. The fourth-order valence-corrected chi connectivity index (χ4v) is 12.2. The maximum Gasteiger partial charge on any atom is 0.354 e. The molecule has 0 atom stereocenters. The molecule has 0 spiro atoms. The van der Waals surface area contributed by atoms with E-state index in [1.807, 2.05) is 189 Å². The number of hydrogen-bond donors (Lipinski definition) is 4. The number of aliphatic hydroxyl groups excluding tert-OH is 3. The zero-order chi connectivity index (χ0) is 90.9. The summed E-state index contributed by atoms with van der Waals surface area (Å²) in [7, 11) is 0. The second kappa shape index (κ2) is 65.6. The summed E-state index contributed by atoms with van der Waals surface area (Å²) < 4.78 is 41.6. The van der Waals surface area contributed by atoms with E-state index in [-0.39, 0.29) is 172 Å². The van der Waals surface area contributed by atoms with Gasteiger partial charge in [0.05, 0.1) is 29.0 Å². The predicted octanol–water partition coefficient (Wildman–Crippen LogP) is 25.2. The summed E-state index contributed by atoms with van der Waals surface area (Å²) in [6, 6.07) is 105. The van der Waals surface area contributed by atoms with Crippen molar-refractivity contribution in [3.8, 4) is 50.0 Å². The van der Waals surface area contributed by atoms with Crippen LogP contribution in [-0.4, -0.2) is 88.4 Å². The van der Waals surface area contributed by atoms with Gasteiger partial charge >= 0.3 is 5.97 Å². The fraction of sp³-hybridized carbons (Fsp3) is 0.0943. The van der Waals surface area contributed by atoms with Gasteiger partial charge in [-0.1, -0.05) is 169 Å². The van der Waals surface area contributed by atoms with E-state index < -0.39 is 17.6 Å². The van der Waals surface area contributed by atoms with Crippen LogP contribution in [0, 0.1) is 59.9 Å². The molecule has 0 saturated heterocycles. The van der Waals surface area contributed by atoms with Crippen molar-refractivity contribution in [2.24, 2.45) is 0 Å². The smallest absolute Gasteiger partial charge is 0.354 e. The number of fused-ring (bicyclic) bond motifs is 4. The molecular weight excluding hydrogens is 2770 g/mol. The number of allylic oxidation sites excluding steroid dienone is 9. The summed E-state index contributed by atoms with van der Waals surface area (Å²) in [4.78, 5) is 70.7. The molecule has 17 aromatic rings. The number of aromatic carboxylic acids is 1. The molecule has 0 aliphatic heterocycles. The number of hydrogen-bond acceptors (Lipinski definition) is 16. The summed E-state index contributed by atoms with van der Waals surface area (Å²) in [6.07, 6.45) is 25.3. The van der Waals surface area contributed by atoms with Gasteiger partial charge in [-0.3, -0.25) is 44.4 Å². The van der Waals surface area contributed by atoms with Crippen molar-refractivity contribution in [2.75, 3.05) is 0 Å². The van der Waals surface area contributed by atoms with E-state index in [1.165, 1.54) is 117 Å². The number of thiophene rings is 1. The molecule has 8 aromatic carbocycles. The van der Waals surface area contributed by atoms with Crippen molar-refractivity contribution >= 4 is 89.1 Å². The minimum absolute atomic E-state index is 0. The molecule has 0 unspecified atom stereocenters. The normalized spacial score (nSPS) is 10.6. The molecule has 6 radical (unpaired) electrons. The van der Waals surface area contributed by atoms with Crippen LogP contribution in [0.3, 0.4) is 0 Å². The fourth-order valence-electron chi connectivity index (χ4n) is 11.3. The molecule has 9 aromatic heterocycles. The monoisotopic (exact) mass is 2860 g/mol. The van der Waals surface area contributed by atoms with E-state index in [0.717, 1.165) is 97.1 Å². The van der Waals surface area contributed by atoms with Crippen LogP contribution in [0.25, 0.3) is 104 Å². The first-order valence-electron chi connectivity index (χ1n) is 39.6. The third kappa shape index (κ3) is 43.5. The Labute approximate surface area is 857 Å². The zero-order valence-electron chi connectivity index (χ0n) is 72.6. The quantitative estimate of drug-likeness (QED) is 0.0533. The van der Waals surface area contributed by atoms with Crippen molar-refractivity contribution in [1.82, 2.24) is 44.7 Å². The first-order chi connectivity index (χ1) is 61.5. The summed E-state index contributed by atoms with van der Waals surface area (Å²) in [5.74, 6) is -2.76. The molecule has 17 nitrogen and oxygen atoms in total. The summed E-state index contributed by atoms with van der Waals surface area (Å²) in [5.41, 5.74) is 12.9. The number of aromatic nitrogens is 9. The van der Waals surface area contributed by atoms with Crippen molar-refractivity contribution in [3.05, 3.63) is 441 Å². The number of halogens is 3. The summed E-state index contributed by atoms with van der Waals surface area (Å²) >= 11 is 1.73. The number of ketones is 3. The Morgan fingerprint density at radius 1 is 0.444 bits per heavy atom. The van der Waals surface area contributed by atoms with Gasteiger partial charge in [-0.25, -0.2) is 27.2 Å². The van der Waals surface area contributed by atoms with Gasteiger partial charge < -0.3 is 50.3 Å². The standard InChI is InChI=1S/C14H12N.C13H8FN2.C13H8NS.C12H10N.C11H6F2N.2C11H8N.C6H5NO2.3C5H8O2.6Ir/c1-2-6-11(5-1)14-10-9-12-7-3-4-8-13(12)15-14;14-11-5-7-12(8-6-11)16-13-4-2-1-3-10(13)9-15-16;1-2-7-12-10(5-1)9-13(15-12)11-6-3-4-8-14-11;1-2-5-11-9-8-10-6-3-4-7-12(10)13-11;12-8-4-5-9(10(13)7-8)11-3-1-2-6-14-11;2*1-2-6-10(7-3-1)11-8-4-5-9-12-11;8-6(9)5-3-1-2-4-7-5;3*1-4(6)3-5(2)7;;;;;;/h3-4,7-10H,1-2,5H2;1-7,9H;1-8H;3-9H,1H3;1-4,6-7H;2*1-6,8-9H;1-4H,(H,8,9);3*3,6H,1-2H3;;;;;;/q7*-1;;;;;;;;;;. The minimum atomic E-state index is -0.990. The second-order valence-corrected chi connectivity index (χ2v) is 28.0. The molecule has 1 aliphatic rings. The molecule has 18 rings (SSSR count). The van der Waals surface area contributed by atoms with Gasteiger partial charge in [0.25, 0.3) is 0 Å². The zero-order valence-corrected chi connectivity index (χ0v) is 87.8. The van der Waals surface area contributed by atoms with E-state index in [0.29, 0.717) is 5.69 Å². The van der Waals surface area contributed by atoms with E-state index in [1.54, 1.807) is 77.2 Å². The molecule has 0 bridgehead atoms. The molecule has 1 aliphatic carbocycles. The molecule has 4 N–H and O–H groups in total.